The van der Waals surface area contributed by atoms with Crippen molar-refractivity contribution in [2.24, 2.45) is 0 Å². The van der Waals surface area contributed by atoms with Crippen molar-refractivity contribution in [1.82, 2.24) is 4.98 Å². The molecular weight excluding hydrogens is 214 g/mol. The molecule has 0 aliphatic carbocycles. The predicted octanol–water partition coefficient (Wildman–Crippen LogP) is 4.19. The van der Waals surface area contributed by atoms with Crippen LogP contribution in [0.1, 0.15) is 18.9 Å². The molecule has 0 unspecified atom stereocenters. The fourth-order valence-corrected chi connectivity index (χ4v) is 2.36. The maximum atomic E-state index is 4.11. The molecule has 1 nitrogen and oxygen atoms in total. The fourth-order valence-electron chi connectivity index (χ4n) is 1.56. The average molecular weight is 229 g/mol. The van der Waals surface area contributed by atoms with E-state index in [-0.39, 0.29) is 0 Å². The van der Waals surface area contributed by atoms with E-state index in [1.165, 1.54) is 21.8 Å². The highest BCUT2D eigenvalue weighted by Gasteiger charge is 1.97. The lowest BCUT2D eigenvalue weighted by molar-refractivity contribution is 0.920. The Morgan fingerprint density at radius 1 is 1.06 bits per heavy atom. The molecule has 16 heavy (non-hydrogen) atoms. The minimum Gasteiger partial charge on any atom is -0.264 e. The zero-order valence-electron chi connectivity index (χ0n) is 9.39. The van der Waals surface area contributed by atoms with Crippen LogP contribution in [0.4, 0.5) is 0 Å². The summed E-state index contributed by atoms with van der Waals surface area (Å²) in [6.45, 7) is 2.21. The van der Waals surface area contributed by atoms with E-state index in [9.17, 15) is 0 Å². The zero-order valence-corrected chi connectivity index (χ0v) is 10.2. The number of rotatable bonds is 4. The topological polar surface area (TPSA) is 12.9 Å². The lowest BCUT2D eigenvalue weighted by Crippen LogP contribution is -1.82. The quantitative estimate of drug-likeness (QED) is 0.780. The van der Waals surface area contributed by atoms with Gasteiger partial charge in [-0.15, -0.1) is 0 Å². The first-order valence-electron chi connectivity index (χ1n) is 5.55. The number of nitrogens with zero attached hydrogens (tertiary/aromatic N) is 1. The summed E-state index contributed by atoms with van der Waals surface area (Å²) in [5.74, 6) is 0. The summed E-state index contributed by atoms with van der Waals surface area (Å²) < 4.78 is 0. The van der Waals surface area contributed by atoms with Crippen LogP contribution in [0.25, 0.3) is 0 Å². The Bertz CT molecular complexity index is 422. The van der Waals surface area contributed by atoms with Crippen LogP contribution >= 0.6 is 11.8 Å². The Kier molecular flexibility index (Phi) is 4.00. The van der Waals surface area contributed by atoms with Crippen LogP contribution in [0.3, 0.4) is 0 Å². The molecule has 82 valence electrons. The molecule has 0 amide bonds. The van der Waals surface area contributed by atoms with Gasteiger partial charge in [0.15, 0.2) is 0 Å². The zero-order chi connectivity index (χ0) is 11.2. The number of pyridine rings is 1. The van der Waals surface area contributed by atoms with Gasteiger partial charge in [0.2, 0.25) is 0 Å². The first-order chi connectivity index (χ1) is 7.88. The molecular formula is C14H15NS. The smallest absolute Gasteiger partial charge is 0.0407 e. The van der Waals surface area contributed by atoms with E-state index >= 15 is 0 Å². The molecule has 2 rings (SSSR count). The molecule has 0 bridgehead atoms. The van der Waals surface area contributed by atoms with Crippen LogP contribution in [0.5, 0.6) is 0 Å². The monoisotopic (exact) mass is 229 g/mol. The molecule has 0 aliphatic rings. The number of aromatic nitrogens is 1. The van der Waals surface area contributed by atoms with Crippen molar-refractivity contribution < 1.29 is 0 Å². The first kappa shape index (κ1) is 11.2. The van der Waals surface area contributed by atoms with Gasteiger partial charge in [-0.05, 0) is 36.2 Å². The van der Waals surface area contributed by atoms with Crippen LogP contribution in [0, 0.1) is 0 Å². The Balaban J connectivity index is 2.05. The van der Waals surface area contributed by atoms with E-state index in [1.807, 2.05) is 12.3 Å². The molecule has 0 aliphatic heterocycles. The van der Waals surface area contributed by atoms with Crippen molar-refractivity contribution in [2.75, 3.05) is 0 Å². The predicted molar refractivity (Wildman–Crippen MR) is 68.8 cm³/mol. The van der Waals surface area contributed by atoms with Gasteiger partial charge in [-0.3, -0.25) is 4.98 Å². The third kappa shape index (κ3) is 3.11. The lowest BCUT2D eigenvalue weighted by atomic mass is 10.1. The number of aryl methyl sites for hydroxylation is 1. The van der Waals surface area contributed by atoms with Crippen LogP contribution in [0.15, 0.2) is 58.6 Å². The second-order valence-electron chi connectivity index (χ2n) is 3.68. The average Bonchev–Trinajstić information content (AvgIpc) is 2.33. The summed E-state index contributed by atoms with van der Waals surface area (Å²) in [6, 6.07) is 12.8. The van der Waals surface area contributed by atoms with E-state index in [0.29, 0.717) is 0 Å². The van der Waals surface area contributed by atoms with Gasteiger partial charge in [0.25, 0.3) is 0 Å². The summed E-state index contributed by atoms with van der Waals surface area (Å²) in [5.41, 5.74) is 1.41. The van der Waals surface area contributed by atoms with Gasteiger partial charge in [-0.2, -0.15) is 0 Å². The van der Waals surface area contributed by atoms with Crippen molar-refractivity contribution >= 4 is 11.8 Å². The first-order valence-corrected chi connectivity index (χ1v) is 6.37. The summed E-state index contributed by atoms with van der Waals surface area (Å²) in [7, 11) is 0. The van der Waals surface area contributed by atoms with Gasteiger partial charge < -0.3 is 0 Å². The third-order valence-electron chi connectivity index (χ3n) is 2.33. The van der Waals surface area contributed by atoms with E-state index in [2.05, 4.69) is 42.2 Å². The van der Waals surface area contributed by atoms with Crippen molar-refractivity contribution in [3.8, 4) is 0 Å². The fraction of sp³-hybridized carbons (Fsp3) is 0.214. The maximum Gasteiger partial charge on any atom is 0.0407 e. The molecule has 0 radical (unpaired) electrons. The Hall–Kier alpha value is -1.28. The van der Waals surface area contributed by atoms with Crippen molar-refractivity contribution in [3.63, 3.8) is 0 Å². The van der Waals surface area contributed by atoms with Crippen LogP contribution in [-0.4, -0.2) is 4.98 Å². The number of benzene rings is 1. The van der Waals surface area contributed by atoms with Gasteiger partial charge in [0.05, 0.1) is 0 Å². The van der Waals surface area contributed by atoms with Crippen molar-refractivity contribution in [1.29, 1.82) is 0 Å². The Morgan fingerprint density at radius 3 is 2.50 bits per heavy atom. The van der Waals surface area contributed by atoms with Crippen LogP contribution in [-0.2, 0) is 6.42 Å². The van der Waals surface area contributed by atoms with E-state index in [4.69, 9.17) is 0 Å². The maximum absolute atomic E-state index is 4.11. The van der Waals surface area contributed by atoms with E-state index in [1.54, 1.807) is 18.0 Å². The molecule has 1 heterocycles. The normalized spacial score (nSPS) is 10.3. The van der Waals surface area contributed by atoms with E-state index < -0.39 is 0 Å². The Labute approximate surface area is 101 Å². The molecule has 1 aromatic carbocycles. The number of hydrogen-bond donors (Lipinski definition) is 0. The highest BCUT2D eigenvalue weighted by Crippen LogP contribution is 2.26. The summed E-state index contributed by atoms with van der Waals surface area (Å²) >= 11 is 1.75. The second kappa shape index (κ2) is 5.71. The molecule has 2 aromatic rings. The molecule has 0 atom stereocenters. The Morgan fingerprint density at radius 2 is 1.88 bits per heavy atom. The minimum absolute atomic E-state index is 1.16. The number of hydrogen-bond acceptors (Lipinski definition) is 2. The molecule has 0 saturated carbocycles. The summed E-state index contributed by atoms with van der Waals surface area (Å²) in [4.78, 5) is 6.56. The minimum atomic E-state index is 1.16. The molecule has 0 fully saturated rings. The highest BCUT2D eigenvalue weighted by molar-refractivity contribution is 7.99. The summed E-state index contributed by atoms with van der Waals surface area (Å²) in [6.07, 6.45) is 6.06. The van der Waals surface area contributed by atoms with E-state index in [0.717, 1.165) is 6.42 Å². The van der Waals surface area contributed by atoms with Crippen molar-refractivity contribution in [2.45, 2.75) is 29.6 Å². The second-order valence-corrected chi connectivity index (χ2v) is 4.83. The summed E-state index contributed by atoms with van der Waals surface area (Å²) in [5, 5.41) is 0. The van der Waals surface area contributed by atoms with Gasteiger partial charge in [-0.1, -0.05) is 37.2 Å². The van der Waals surface area contributed by atoms with Crippen LogP contribution in [0.2, 0.25) is 0 Å². The standard InChI is InChI=1S/C14H15NS/c1-2-4-12-6-8-13(9-7-12)16-14-5-3-10-15-11-14/h3,5-11H,2,4H2,1H3. The van der Waals surface area contributed by atoms with Crippen LogP contribution < -0.4 is 0 Å². The molecule has 1 aromatic heterocycles. The van der Waals surface area contributed by atoms with Gasteiger partial charge in [-0.25, -0.2) is 0 Å². The highest BCUT2D eigenvalue weighted by atomic mass is 32.2. The largest absolute Gasteiger partial charge is 0.264 e. The molecule has 0 N–H and O–H groups in total. The van der Waals surface area contributed by atoms with Gasteiger partial charge in [0.1, 0.15) is 0 Å². The molecule has 0 spiro atoms. The SMILES string of the molecule is CCCc1ccc(Sc2cccnc2)cc1. The van der Waals surface area contributed by atoms with Gasteiger partial charge in [0, 0.05) is 22.2 Å². The van der Waals surface area contributed by atoms with Crippen molar-refractivity contribution in [3.05, 3.63) is 54.4 Å². The third-order valence-corrected chi connectivity index (χ3v) is 3.32. The van der Waals surface area contributed by atoms with Gasteiger partial charge >= 0.3 is 0 Å². The molecule has 2 heteroatoms. The lowest BCUT2D eigenvalue weighted by Gasteiger charge is -2.02. The molecule has 0 saturated heterocycles.